The molecule has 1 aromatic carbocycles. The van der Waals surface area contributed by atoms with E-state index in [1.165, 1.54) is 6.07 Å². The molecule has 21 heavy (non-hydrogen) atoms. The van der Waals surface area contributed by atoms with Crippen LogP contribution in [0, 0.1) is 10.1 Å². The molecule has 0 N–H and O–H groups in total. The summed E-state index contributed by atoms with van der Waals surface area (Å²) >= 11 is 0. The van der Waals surface area contributed by atoms with Crippen LogP contribution in [0.4, 0.5) is 5.69 Å². The smallest absolute Gasteiger partial charge is 0.270 e. The fourth-order valence-corrected chi connectivity index (χ4v) is 2.27. The van der Waals surface area contributed by atoms with E-state index in [1.54, 1.807) is 19.2 Å². The van der Waals surface area contributed by atoms with Gasteiger partial charge in [-0.05, 0) is 25.0 Å². The van der Waals surface area contributed by atoms with Crippen LogP contribution in [0.15, 0.2) is 24.3 Å². The van der Waals surface area contributed by atoms with Gasteiger partial charge in [0, 0.05) is 23.4 Å². The highest BCUT2D eigenvalue weighted by Gasteiger charge is 2.14. The lowest BCUT2D eigenvalue weighted by atomic mass is 10.1. The summed E-state index contributed by atoms with van der Waals surface area (Å²) in [6.07, 6.45) is 1.73. The van der Waals surface area contributed by atoms with E-state index in [0.29, 0.717) is 12.3 Å². The number of nitro benzene ring substituents is 1. The van der Waals surface area contributed by atoms with Crippen molar-refractivity contribution in [3.63, 3.8) is 0 Å². The highest BCUT2D eigenvalue weighted by Crippen LogP contribution is 2.25. The zero-order chi connectivity index (χ0) is 15.4. The van der Waals surface area contributed by atoms with E-state index in [0.717, 1.165) is 29.8 Å². The summed E-state index contributed by atoms with van der Waals surface area (Å²) in [7, 11) is 1.56. The number of ether oxygens (including phenoxy) is 1. The molecule has 0 saturated heterocycles. The van der Waals surface area contributed by atoms with Gasteiger partial charge in [0.05, 0.1) is 24.3 Å². The minimum atomic E-state index is -0.399. The summed E-state index contributed by atoms with van der Waals surface area (Å²) in [6.45, 7) is 4.59. The van der Waals surface area contributed by atoms with E-state index in [2.05, 4.69) is 25.0 Å². The average Bonchev–Trinajstić information content (AvgIpc) is 2.89. The van der Waals surface area contributed by atoms with Crippen LogP contribution < -0.4 is 4.74 Å². The quantitative estimate of drug-likeness (QED) is 0.605. The number of rotatable bonds is 6. The van der Waals surface area contributed by atoms with Crippen LogP contribution in [0.3, 0.4) is 0 Å². The Morgan fingerprint density at radius 3 is 2.62 bits per heavy atom. The minimum Gasteiger partial charge on any atom is -0.496 e. The maximum Gasteiger partial charge on any atom is 0.270 e. The van der Waals surface area contributed by atoms with E-state index < -0.39 is 4.92 Å². The number of methoxy groups -OCH3 is 1. The number of benzene rings is 1. The molecule has 0 fully saturated rings. The predicted molar refractivity (Wildman–Crippen MR) is 79.7 cm³/mol. The van der Waals surface area contributed by atoms with Crippen molar-refractivity contribution in [2.45, 2.75) is 33.2 Å². The molecule has 2 aromatic rings. The normalized spacial score (nSPS) is 10.6. The van der Waals surface area contributed by atoms with Gasteiger partial charge in [0.2, 0.25) is 0 Å². The van der Waals surface area contributed by atoms with Crippen LogP contribution in [-0.4, -0.2) is 21.8 Å². The van der Waals surface area contributed by atoms with Crippen molar-refractivity contribution in [1.82, 2.24) is 9.78 Å². The molecule has 0 bridgehead atoms. The van der Waals surface area contributed by atoms with Crippen LogP contribution in [0.25, 0.3) is 0 Å². The Kier molecular flexibility index (Phi) is 4.57. The van der Waals surface area contributed by atoms with E-state index in [-0.39, 0.29) is 5.69 Å². The topological polar surface area (TPSA) is 70.2 Å². The van der Waals surface area contributed by atoms with Crippen LogP contribution >= 0.6 is 0 Å². The van der Waals surface area contributed by atoms with Crippen LogP contribution in [0.1, 0.15) is 30.8 Å². The molecule has 0 aliphatic carbocycles. The molecule has 1 heterocycles. The van der Waals surface area contributed by atoms with Crippen LogP contribution in [0.2, 0.25) is 0 Å². The monoisotopic (exact) mass is 289 g/mol. The van der Waals surface area contributed by atoms with Crippen molar-refractivity contribution in [2.24, 2.45) is 0 Å². The van der Waals surface area contributed by atoms with Gasteiger partial charge < -0.3 is 4.74 Å². The van der Waals surface area contributed by atoms with Crippen molar-refractivity contribution in [1.29, 1.82) is 0 Å². The van der Waals surface area contributed by atoms with Gasteiger partial charge in [-0.2, -0.15) is 5.10 Å². The third-order valence-corrected chi connectivity index (χ3v) is 3.43. The van der Waals surface area contributed by atoms with E-state index in [1.807, 2.05) is 4.68 Å². The molecule has 1 aromatic heterocycles. The third-order valence-electron chi connectivity index (χ3n) is 3.43. The molecule has 0 saturated carbocycles. The van der Waals surface area contributed by atoms with Crippen molar-refractivity contribution >= 4 is 5.69 Å². The Labute approximate surface area is 123 Å². The second-order valence-corrected chi connectivity index (χ2v) is 4.75. The standard InChI is InChI=1S/C15H19N3O3/c1-4-12-9-13(5-2)17(16-12)10-11-8-14(18(19)20)6-7-15(11)21-3/h6-9H,4-5,10H2,1-3H3. The molecular formula is C15H19N3O3. The summed E-state index contributed by atoms with van der Waals surface area (Å²) in [5.41, 5.74) is 2.95. The number of aromatic nitrogens is 2. The zero-order valence-electron chi connectivity index (χ0n) is 12.5. The van der Waals surface area contributed by atoms with Crippen LogP contribution in [-0.2, 0) is 19.4 Å². The van der Waals surface area contributed by atoms with Gasteiger partial charge in [0.15, 0.2) is 0 Å². The van der Waals surface area contributed by atoms with Gasteiger partial charge in [-0.1, -0.05) is 13.8 Å². The number of hydrogen-bond donors (Lipinski definition) is 0. The lowest BCUT2D eigenvalue weighted by Gasteiger charge is -2.10. The Morgan fingerprint density at radius 2 is 2.05 bits per heavy atom. The number of hydrogen-bond acceptors (Lipinski definition) is 4. The van der Waals surface area contributed by atoms with Gasteiger partial charge in [0.25, 0.3) is 5.69 Å². The largest absolute Gasteiger partial charge is 0.496 e. The number of aryl methyl sites for hydroxylation is 2. The Bertz CT molecular complexity index is 650. The Morgan fingerprint density at radius 1 is 1.29 bits per heavy atom. The van der Waals surface area contributed by atoms with Crippen molar-refractivity contribution in [2.75, 3.05) is 7.11 Å². The van der Waals surface area contributed by atoms with E-state index in [4.69, 9.17) is 4.74 Å². The number of non-ortho nitro benzene ring substituents is 1. The van der Waals surface area contributed by atoms with Crippen molar-refractivity contribution in [3.8, 4) is 5.75 Å². The van der Waals surface area contributed by atoms with E-state index >= 15 is 0 Å². The van der Waals surface area contributed by atoms with Gasteiger partial charge in [0.1, 0.15) is 5.75 Å². The molecule has 2 rings (SSSR count). The molecule has 0 aliphatic heterocycles. The zero-order valence-corrected chi connectivity index (χ0v) is 12.5. The molecule has 6 heteroatoms. The van der Waals surface area contributed by atoms with Gasteiger partial charge in [-0.15, -0.1) is 0 Å². The summed E-state index contributed by atoms with van der Waals surface area (Å²) in [5.74, 6) is 0.635. The molecule has 0 unspecified atom stereocenters. The molecule has 0 amide bonds. The molecule has 6 nitrogen and oxygen atoms in total. The first kappa shape index (κ1) is 15.0. The highest BCUT2D eigenvalue weighted by molar-refractivity contribution is 5.44. The fourth-order valence-electron chi connectivity index (χ4n) is 2.27. The molecule has 112 valence electrons. The molecule has 0 spiro atoms. The van der Waals surface area contributed by atoms with Gasteiger partial charge >= 0.3 is 0 Å². The summed E-state index contributed by atoms with van der Waals surface area (Å²) in [4.78, 5) is 10.5. The first-order valence-corrected chi connectivity index (χ1v) is 6.95. The second-order valence-electron chi connectivity index (χ2n) is 4.75. The molecule has 0 atom stereocenters. The summed E-state index contributed by atoms with van der Waals surface area (Å²) < 4.78 is 7.18. The lowest BCUT2D eigenvalue weighted by Crippen LogP contribution is -2.07. The predicted octanol–water partition coefficient (Wildman–Crippen LogP) is 2.97. The van der Waals surface area contributed by atoms with Crippen molar-refractivity contribution in [3.05, 3.63) is 51.3 Å². The molecule has 0 aliphatic rings. The Balaban J connectivity index is 2.39. The first-order chi connectivity index (χ1) is 10.1. The summed E-state index contributed by atoms with van der Waals surface area (Å²) in [6, 6.07) is 6.70. The number of nitro groups is 1. The molecular weight excluding hydrogens is 270 g/mol. The minimum absolute atomic E-state index is 0.0618. The third kappa shape index (κ3) is 3.21. The van der Waals surface area contributed by atoms with Crippen LogP contribution in [0.5, 0.6) is 5.75 Å². The van der Waals surface area contributed by atoms with Gasteiger partial charge in [-0.3, -0.25) is 14.8 Å². The maximum atomic E-state index is 10.9. The molecule has 0 radical (unpaired) electrons. The SMILES string of the molecule is CCc1cc(CC)n(Cc2cc([N+](=O)[O-])ccc2OC)n1. The second kappa shape index (κ2) is 6.39. The summed E-state index contributed by atoms with van der Waals surface area (Å²) in [5, 5.41) is 15.5. The fraction of sp³-hybridized carbons (Fsp3) is 0.400. The number of nitrogens with zero attached hydrogens (tertiary/aromatic N) is 3. The van der Waals surface area contributed by atoms with E-state index in [9.17, 15) is 10.1 Å². The van der Waals surface area contributed by atoms with Crippen molar-refractivity contribution < 1.29 is 9.66 Å². The lowest BCUT2D eigenvalue weighted by molar-refractivity contribution is -0.384. The average molecular weight is 289 g/mol. The maximum absolute atomic E-state index is 10.9. The first-order valence-electron chi connectivity index (χ1n) is 6.95. The van der Waals surface area contributed by atoms with Gasteiger partial charge in [-0.25, -0.2) is 0 Å². The Hall–Kier alpha value is -2.37. The highest BCUT2D eigenvalue weighted by atomic mass is 16.6.